The van der Waals surface area contributed by atoms with E-state index in [1.165, 1.54) is 6.07 Å². The molecule has 3 atom stereocenters. The number of rotatable bonds is 8. The van der Waals surface area contributed by atoms with Crippen molar-refractivity contribution < 1.29 is 13.0 Å². The molecule has 1 unspecified atom stereocenters. The summed E-state index contributed by atoms with van der Waals surface area (Å²) >= 11 is 0. The van der Waals surface area contributed by atoms with Crippen molar-refractivity contribution in [3.63, 3.8) is 0 Å². The SMILES string of the molecule is C=S(=O)(Nc1ccc(-c2cc(C(C)C)c3nc(N[C@@H]4CNC[C@H](CF)C4)ncc3n2)cc1F)c1ccccc1. The molecular weight excluding hydrogens is 518 g/mol. The third-order valence-corrected chi connectivity index (χ3v) is 8.44. The summed E-state index contributed by atoms with van der Waals surface area (Å²) < 4.78 is 44.2. The molecule has 0 bridgehead atoms. The molecule has 3 N–H and O–H groups in total. The van der Waals surface area contributed by atoms with E-state index in [-0.39, 0.29) is 30.2 Å². The number of fused-ring (bicyclic) bond motifs is 1. The van der Waals surface area contributed by atoms with Gasteiger partial charge in [0.1, 0.15) is 11.3 Å². The molecule has 0 saturated carbocycles. The van der Waals surface area contributed by atoms with Crippen molar-refractivity contribution >= 4 is 38.2 Å². The summed E-state index contributed by atoms with van der Waals surface area (Å²) in [6, 6.07) is 15.3. The lowest BCUT2D eigenvalue weighted by atomic mass is 9.97. The van der Waals surface area contributed by atoms with Crippen LogP contribution in [0.1, 0.15) is 31.7 Å². The van der Waals surface area contributed by atoms with Crippen LogP contribution in [0.2, 0.25) is 0 Å². The molecule has 1 aliphatic heterocycles. The standard InChI is InChI=1S/C29H32F2N6OS/c1-18(2)23-13-26(20-9-10-25(24(31)12-20)37-39(3,38)22-7-5-4-6-8-22)35-27-17-33-29(36-28(23)27)34-21-11-19(14-30)15-32-16-21/h4-10,12-13,17-19,21,32H,3,11,14-16H2,1-2H3,(H,37,38)(H,33,34,36)/t19-,21-,39?/m0/s1. The van der Waals surface area contributed by atoms with Gasteiger partial charge in [-0.2, -0.15) is 0 Å². The summed E-state index contributed by atoms with van der Waals surface area (Å²) in [5.74, 6) is 3.79. The minimum absolute atomic E-state index is 0.0208. The smallest absolute Gasteiger partial charge is 0.223 e. The van der Waals surface area contributed by atoms with Crippen LogP contribution in [0.15, 0.2) is 65.7 Å². The third kappa shape index (κ3) is 6.02. The summed E-state index contributed by atoms with van der Waals surface area (Å²) in [5.41, 5.74) is 3.52. The number of aromatic nitrogens is 3. The van der Waals surface area contributed by atoms with Gasteiger partial charge in [0.2, 0.25) is 5.95 Å². The van der Waals surface area contributed by atoms with Gasteiger partial charge in [-0.3, -0.25) is 4.39 Å². The van der Waals surface area contributed by atoms with Gasteiger partial charge < -0.3 is 15.4 Å². The molecular formula is C29H32F2N6OS. The van der Waals surface area contributed by atoms with Gasteiger partial charge in [-0.1, -0.05) is 38.1 Å². The molecule has 7 nitrogen and oxygen atoms in total. The van der Waals surface area contributed by atoms with E-state index >= 15 is 4.39 Å². The topological polar surface area (TPSA) is 91.8 Å². The fraction of sp³-hybridized carbons (Fsp3) is 0.310. The Morgan fingerprint density at radius 1 is 1.13 bits per heavy atom. The van der Waals surface area contributed by atoms with E-state index in [4.69, 9.17) is 9.97 Å². The normalized spacial score (nSPS) is 19.1. The van der Waals surface area contributed by atoms with E-state index in [2.05, 4.69) is 40.1 Å². The highest BCUT2D eigenvalue weighted by Gasteiger charge is 2.23. The van der Waals surface area contributed by atoms with Gasteiger partial charge in [-0.05, 0) is 54.1 Å². The first kappa shape index (κ1) is 27.0. The number of alkyl halides is 1. The fourth-order valence-corrected chi connectivity index (χ4v) is 6.02. The molecule has 0 amide bonds. The molecule has 39 heavy (non-hydrogen) atoms. The Balaban J connectivity index is 1.43. The average Bonchev–Trinajstić information content (AvgIpc) is 2.94. The molecule has 204 valence electrons. The van der Waals surface area contributed by atoms with Crippen LogP contribution in [0.5, 0.6) is 0 Å². The number of anilines is 2. The van der Waals surface area contributed by atoms with Crippen LogP contribution >= 0.6 is 0 Å². The Labute approximate surface area is 227 Å². The number of pyridine rings is 1. The zero-order valence-corrected chi connectivity index (χ0v) is 22.8. The fourth-order valence-electron chi connectivity index (χ4n) is 4.78. The Kier molecular flexibility index (Phi) is 7.76. The molecule has 1 fully saturated rings. The molecule has 3 heterocycles. The molecule has 2 aromatic heterocycles. The zero-order valence-electron chi connectivity index (χ0n) is 22.0. The number of nitrogens with one attached hydrogen (secondary N) is 3. The molecule has 1 saturated heterocycles. The predicted molar refractivity (Wildman–Crippen MR) is 155 cm³/mol. The maximum Gasteiger partial charge on any atom is 0.223 e. The first-order chi connectivity index (χ1) is 18.7. The predicted octanol–water partition coefficient (Wildman–Crippen LogP) is 5.42. The summed E-state index contributed by atoms with van der Waals surface area (Å²) in [5, 5.41) is 6.58. The van der Waals surface area contributed by atoms with Crippen molar-refractivity contribution in [1.29, 1.82) is 0 Å². The minimum atomic E-state index is -2.93. The maximum atomic E-state index is 15.2. The number of halogens is 2. The van der Waals surface area contributed by atoms with Crippen molar-refractivity contribution in [3.8, 4) is 11.3 Å². The van der Waals surface area contributed by atoms with Gasteiger partial charge >= 0.3 is 0 Å². The van der Waals surface area contributed by atoms with E-state index < -0.39 is 15.5 Å². The Hall–Kier alpha value is -3.63. The van der Waals surface area contributed by atoms with Crippen molar-refractivity contribution in [2.24, 2.45) is 5.92 Å². The monoisotopic (exact) mass is 550 g/mol. The summed E-state index contributed by atoms with van der Waals surface area (Å²) in [7, 11) is -2.93. The van der Waals surface area contributed by atoms with Crippen LogP contribution in [0, 0.1) is 11.7 Å². The van der Waals surface area contributed by atoms with Crippen LogP contribution < -0.4 is 15.4 Å². The number of nitrogens with zero attached hydrogens (tertiary/aromatic N) is 3. The first-order valence-electron chi connectivity index (χ1n) is 12.9. The largest absolute Gasteiger partial charge is 0.350 e. The molecule has 10 heteroatoms. The first-order valence-corrected chi connectivity index (χ1v) is 14.7. The van der Waals surface area contributed by atoms with Crippen LogP contribution in [0.25, 0.3) is 22.3 Å². The van der Waals surface area contributed by atoms with Gasteiger partial charge in [0.15, 0.2) is 0 Å². The lowest BCUT2D eigenvalue weighted by Gasteiger charge is -2.29. The highest BCUT2D eigenvalue weighted by Crippen LogP contribution is 2.31. The molecule has 5 rings (SSSR count). The Morgan fingerprint density at radius 3 is 2.64 bits per heavy atom. The second-order valence-electron chi connectivity index (χ2n) is 10.2. The number of piperidine rings is 1. The molecule has 0 aliphatic carbocycles. The van der Waals surface area contributed by atoms with Crippen molar-refractivity contribution in [2.45, 2.75) is 37.1 Å². The summed E-state index contributed by atoms with van der Waals surface area (Å²) in [4.78, 5) is 14.4. The Bertz CT molecular complexity index is 1580. The highest BCUT2D eigenvalue weighted by atomic mass is 32.2. The summed E-state index contributed by atoms with van der Waals surface area (Å²) in [6.07, 6.45) is 2.37. The van der Waals surface area contributed by atoms with E-state index in [0.717, 1.165) is 17.6 Å². The average molecular weight is 551 g/mol. The van der Waals surface area contributed by atoms with Crippen LogP contribution in [-0.2, 0) is 9.71 Å². The lowest BCUT2D eigenvalue weighted by Crippen LogP contribution is -2.44. The minimum Gasteiger partial charge on any atom is -0.350 e. The number of benzene rings is 2. The highest BCUT2D eigenvalue weighted by molar-refractivity contribution is 8.01. The molecule has 0 radical (unpaired) electrons. The van der Waals surface area contributed by atoms with Gasteiger partial charge in [0.05, 0.1) is 39.5 Å². The van der Waals surface area contributed by atoms with E-state index in [1.807, 2.05) is 12.1 Å². The van der Waals surface area contributed by atoms with Gasteiger partial charge in [0.25, 0.3) is 0 Å². The Morgan fingerprint density at radius 2 is 1.92 bits per heavy atom. The van der Waals surface area contributed by atoms with E-state index in [9.17, 15) is 8.60 Å². The summed E-state index contributed by atoms with van der Waals surface area (Å²) in [6.45, 7) is 5.17. The van der Waals surface area contributed by atoms with Gasteiger partial charge in [0, 0.05) is 35.5 Å². The van der Waals surface area contributed by atoms with E-state index in [0.29, 0.717) is 40.6 Å². The molecule has 2 aromatic carbocycles. The van der Waals surface area contributed by atoms with Crippen molar-refractivity contribution in [1.82, 2.24) is 20.3 Å². The van der Waals surface area contributed by atoms with Gasteiger partial charge in [-0.25, -0.2) is 23.6 Å². The second kappa shape index (κ2) is 11.2. The zero-order chi connectivity index (χ0) is 27.6. The van der Waals surface area contributed by atoms with Crippen molar-refractivity contribution in [3.05, 3.63) is 72.2 Å². The quantitative estimate of drug-likeness (QED) is 0.254. The van der Waals surface area contributed by atoms with Crippen LogP contribution in [0.3, 0.4) is 0 Å². The molecule has 1 aliphatic rings. The second-order valence-corrected chi connectivity index (χ2v) is 12.2. The van der Waals surface area contributed by atoms with Gasteiger partial charge in [-0.15, -0.1) is 0 Å². The maximum absolute atomic E-state index is 15.2. The lowest BCUT2D eigenvalue weighted by molar-refractivity contribution is 0.282. The third-order valence-electron chi connectivity index (χ3n) is 6.85. The molecule has 4 aromatic rings. The number of hydrogen-bond donors (Lipinski definition) is 3. The van der Waals surface area contributed by atoms with Crippen LogP contribution in [0.4, 0.5) is 20.4 Å². The van der Waals surface area contributed by atoms with Crippen LogP contribution in [-0.4, -0.2) is 50.8 Å². The molecule has 0 spiro atoms. The number of hydrogen-bond acceptors (Lipinski definition) is 6. The van der Waals surface area contributed by atoms with Crippen molar-refractivity contribution in [2.75, 3.05) is 29.8 Å². The van der Waals surface area contributed by atoms with E-state index in [1.54, 1.807) is 42.6 Å².